The van der Waals surface area contributed by atoms with Crippen molar-refractivity contribution in [2.75, 3.05) is 12.0 Å². The lowest BCUT2D eigenvalue weighted by Gasteiger charge is -2.07. The summed E-state index contributed by atoms with van der Waals surface area (Å²) in [7, 11) is -6.91. The molecule has 0 atom stereocenters. The van der Waals surface area contributed by atoms with Gasteiger partial charge in [-0.2, -0.15) is 0 Å². The number of hydrogen-bond acceptors (Lipinski definition) is 4. The topological polar surface area (TPSA) is 73.2 Å². The summed E-state index contributed by atoms with van der Waals surface area (Å²) in [5.74, 6) is 0.0343. The number of benzene rings is 2. The molecule has 1 heterocycles. The molecular formula is C18H17ClNO4S2. The summed E-state index contributed by atoms with van der Waals surface area (Å²) in [6, 6.07) is 13.1. The van der Waals surface area contributed by atoms with Gasteiger partial charge in [0.2, 0.25) is 0 Å². The van der Waals surface area contributed by atoms with Crippen LogP contribution in [0.5, 0.6) is 0 Å². The molecule has 0 fully saturated rings. The molecular weight excluding hydrogens is 394 g/mol. The highest BCUT2D eigenvalue weighted by Crippen LogP contribution is 2.28. The number of sulfone groups is 1. The van der Waals surface area contributed by atoms with Gasteiger partial charge in [-0.05, 0) is 42.7 Å². The molecule has 0 N–H and O–H groups in total. The average molecular weight is 411 g/mol. The normalized spacial score (nSPS) is 12.5. The standard InChI is InChI=1S/C18H17ClNO4S2/c1-25(21,22)11-5-6-14-13-20(18-12-15(19)9-10-17(14)18)26(23,24)16-7-3-2-4-8-16/h2-4,7-10,12H,5-6,11H2,1H3. The third kappa shape index (κ3) is 3.95. The number of aryl methyl sites for hydroxylation is 1. The van der Waals surface area contributed by atoms with Gasteiger partial charge < -0.3 is 0 Å². The van der Waals surface area contributed by atoms with E-state index in [-0.39, 0.29) is 10.6 Å². The number of halogens is 1. The number of rotatable bonds is 6. The van der Waals surface area contributed by atoms with Crippen molar-refractivity contribution >= 4 is 42.4 Å². The van der Waals surface area contributed by atoms with E-state index in [1.165, 1.54) is 18.4 Å². The van der Waals surface area contributed by atoms with E-state index in [1.54, 1.807) is 36.4 Å². The van der Waals surface area contributed by atoms with E-state index in [0.29, 0.717) is 34.3 Å². The fourth-order valence-electron chi connectivity index (χ4n) is 2.76. The highest BCUT2D eigenvalue weighted by Gasteiger charge is 2.22. The molecule has 0 saturated heterocycles. The quantitative estimate of drug-likeness (QED) is 0.624. The zero-order chi connectivity index (χ0) is 18.9. The molecule has 0 amide bonds. The summed E-state index contributed by atoms with van der Waals surface area (Å²) in [6.45, 7) is 0. The summed E-state index contributed by atoms with van der Waals surface area (Å²) in [4.78, 5) is 0.149. The van der Waals surface area contributed by atoms with Crippen LogP contribution in [0.1, 0.15) is 12.0 Å². The zero-order valence-electron chi connectivity index (χ0n) is 14.0. The molecule has 0 unspecified atom stereocenters. The Morgan fingerprint density at radius 2 is 1.73 bits per heavy atom. The summed E-state index contributed by atoms with van der Waals surface area (Å²) in [5, 5.41) is 1.11. The Kier molecular flexibility index (Phi) is 5.14. The van der Waals surface area contributed by atoms with E-state index >= 15 is 0 Å². The van der Waals surface area contributed by atoms with Crippen LogP contribution in [-0.4, -0.2) is 32.8 Å². The van der Waals surface area contributed by atoms with Gasteiger partial charge in [-0.1, -0.05) is 35.9 Å². The van der Waals surface area contributed by atoms with Gasteiger partial charge in [0.25, 0.3) is 10.0 Å². The van der Waals surface area contributed by atoms with E-state index < -0.39 is 19.9 Å². The molecule has 3 aromatic rings. The average Bonchev–Trinajstić information content (AvgIpc) is 2.93. The molecule has 3 rings (SSSR count). The lowest BCUT2D eigenvalue weighted by molar-refractivity contribution is 0.588. The van der Waals surface area contributed by atoms with Crippen molar-refractivity contribution in [3.8, 4) is 0 Å². The number of hydrogen-bond donors (Lipinski definition) is 0. The van der Waals surface area contributed by atoms with Crippen molar-refractivity contribution in [2.45, 2.75) is 17.7 Å². The van der Waals surface area contributed by atoms with E-state index in [2.05, 4.69) is 6.20 Å². The van der Waals surface area contributed by atoms with Crippen LogP contribution in [0.25, 0.3) is 10.9 Å². The smallest absolute Gasteiger partial charge is 0.231 e. The van der Waals surface area contributed by atoms with Gasteiger partial charge in [0.1, 0.15) is 9.84 Å². The van der Waals surface area contributed by atoms with E-state index in [9.17, 15) is 16.8 Å². The minimum Gasteiger partial charge on any atom is -0.231 e. The number of aromatic nitrogens is 1. The molecule has 0 spiro atoms. The van der Waals surface area contributed by atoms with Gasteiger partial charge in [-0.25, -0.2) is 20.8 Å². The first-order valence-electron chi connectivity index (χ1n) is 7.89. The molecule has 0 aliphatic heterocycles. The van der Waals surface area contributed by atoms with Crippen LogP contribution in [0, 0.1) is 6.20 Å². The molecule has 0 bridgehead atoms. The lowest BCUT2D eigenvalue weighted by Crippen LogP contribution is -2.12. The van der Waals surface area contributed by atoms with Crippen molar-refractivity contribution in [3.63, 3.8) is 0 Å². The monoisotopic (exact) mass is 410 g/mol. The number of fused-ring (bicyclic) bond motifs is 1. The highest BCUT2D eigenvalue weighted by molar-refractivity contribution is 7.90. The van der Waals surface area contributed by atoms with Crippen LogP contribution in [-0.2, 0) is 26.3 Å². The molecule has 26 heavy (non-hydrogen) atoms. The van der Waals surface area contributed by atoms with Crippen LogP contribution >= 0.6 is 11.6 Å². The maximum absolute atomic E-state index is 13.0. The lowest BCUT2D eigenvalue weighted by atomic mass is 10.1. The SMILES string of the molecule is CS(=O)(=O)CCCc1[c]n(S(=O)(=O)c2ccccc2)c2cc(Cl)ccc12. The van der Waals surface area contributed by atoms with E-state index in [1.807, 2.05) is 0 Å². The Morgan fingerprint density at radius 1 is 1.04 bits per heavy atom. The van der Waals surface area contributed by atoms with Crippen LogP contribution < -0.4 is 0 Å². The summed E-state index contributed by atoms with van der Waals surface area (Å²) < 4.78 is 49.8. The van der Waals surface area contributed by atoms with Crippen molar-refractivity contribution in [2.24, 2.45) is 0 Å². The maximum Gasteiger partial charge on any atom is 0.268 e. The molecule has 0 aliphatic carbocycles. The first kappa shape index (κ1) is 18.9. The predicted octanol–water partition coefficient (Wildman–Crippen LogP) is 3.31. The number of nitrogens with zero attached hydrogens (tertiary/aromatic N) is 1. The third-order valence-corrected chi connectivity index (χ3v) is 6.87. The van der Waals surface area contributed by atoms with Gasteiger partial charge in [0, 0.05) is 16.7 Å². The Bertz CT molecular complexity index is 1150. The molecule has 8 heteroatoms. The fourth-order valence-corrected chi connectivity index (χ4v) is 4.95. The van der Waals surface area contributed by atoms with Crippen molar-refractivity contribution in [3.05, 3.63) is 65.3 Å². The third-order valence-electron chi connectivity index (χ3n) is 3.96. The maximum atomic E-state index is 13.0. The highest BCUT2D eigenvalue weighted by atomic mass is 35.5. The molecule has 1 radical (unpaired) electrons. The Morgan fingerprint density at radius 3 is 2.38 bits per heavy atom. The minimum atomic E-state index is -3.83. The Labute approximate surface area is 158 Å². The summed E-state index contributed by atoms with van der Waals surface area (Å²) in [6.07, 6.45) is 4.89. The predicted molar refractivity (Wildman–Crippen MR) is 103 cm³/mol. The van der Waals surface area contributed by atoms with Crippen LogP contribution in [0.3, 0.4) is 0 Å². The minimum absolute atomic E-state index is 0.0343. The van der Waals surface area contributed by atoms with Gasteiger partial charge in [-0.3, -0.25) is 0 Å². The zero-order valence-corrected chi connectivity index (χ0v) is 16.4. The Balaban J connectivity index is 2.10. The van der Waals surface area contributed by atoms with E-state index in [4.69, 9.17) is 11.6 Å². The van der Waals surface area contributed by atoms with Crippen LogP contribution in [0.4, 0.5) is 0 Å². The first-order chi connectivity index (χ1) is 12.2. The van der Waals surface area contributed by atoms with Crippen LogP contribution in [0.2, 0.25) is 5.02 Å². The van der Waals surface area contributed by atoms with Crippen LogP contribution in [0.15, 0.2) is 53.4 Å². The van der Waals surface area contributed by atoms with Crippen molar-refractivity contribution in [1.82, 2.24) is 3.97 Å². The molecule has 1 aromatic heterocycles. The summed E-state index contributed by atoms with van der Waals surface area (Å²) in [5.41, 5.74) is 1.08. The molecule has 0 saturated carbocycles. The van der Waals surface area contributed by atoms with E-state index in [0.717, 1.165) is 3.97 Å². The second-order valence-corrected chi connectivity index (χ2v) is 10.6. The van der Waals surface area contributed by atoms with Gasteiger partial charge in [0.15, 0.2) is 0 Å². The second kappa shape index (κ2) is 7.06. The van der Waals surface area contributed by atoms with Crippen molar-refractivity contribution in [1.29, 1.82) is 0 Å². The van der Waals surface area contributed by atoms with Crippen molar-refractivity contribution < 1.29 is 16.8 Å². The van der Waals surface area contributed by atoms with Gasteiger partial charge >= 0.3 is 0 Å². The fraction of sp³-hybridized carbons (Fsp3) is 0.222. The summed E-state index contributed by atoms with van der Waals surface area (Å²) >= 11 is 6.06. The largest absolute Gasteiger partial charge is 0.268 e. The van der Waals surface area contributed by atoms with Gasteiger partial charge in [-0.15, -0.1) is 0 Å². The Hall–Kier alpha value is -1.83. The molecule has 137 valence electrons. The molecule has 5 nitrogen and oxygen atoms in total. The molecule has 2 aromatic carbocycles. The molecule has 0 aliphatic rings. The first-order valence-corrected chi connectivity index (χ1v) is 11.8. The second-order valence-electron chi connectivity index (χ2n) is 6.07. The van der Waals surface area contributed by atoms with Gasteiger partial charge in [0.05, 0.1) is 22.4 Å².